The fourth-order valence-electron chi connectivity index (χ4n) is 2.50. The molecule has 17 heavy (non-hydrogen) atoms. The first kappa shape index (κ1) is 12.4. The van der Waals surface area contributed by atoms with Gasteiger partial charge >= 0.3 is 0 Å². The molecule has 4 heteroatoms. The lowest BCUT2D eigenvalue weighted by Crippen LogP contribution is -2.26. The fourth-order valence-corrected chi connectivity index (χ4v) is 2.50. The SMILES string of the molecule is CC1CCCN(CCCn2ccc(N)n2)CC1. The predicted molar refractivity (Wildman–Crippen MR) is 70.7 cm³/mol. The molecule has 0 saturated carbocycles. The quantitative estimate of drug-likeness (QED) is 0.869. The Labute approximate surface area is 104 Å². The number of nitrogens with two attached hydrogens (primary N) is 1. The van der Waals surface area contributed by atoms with Gasteiger partial charge in [0.05, 0.1) is 0 Å². The molecule has 2 rings (SSSR count). The molecule has 1 saturated heterocycles. The van der Waals surface area contributed by atoms with Crippen molar-refractivity contribution in [1.29, 1.82) is 0 Å². The third-order valence-electron chi connectivity index (χ3n) is 3.63. The van der Waals surface area contributed by atoms with Gasteiger partial charge in [-0.25, -0.2) is 0 Å². The van der Waals surface area contributed by atoms with Crippen molar-refractivity contribution < 1.29 is 0 Å². The van der Waals surface area contributed by atoms with Crippen LogP contribution in [0, 0.1) is 5.92 Å². The first-order valence-electron chi connectivity index (χ1n) is 6.75. The number of rotatable bonds is 4. The monoisotopic (exact) mass is 236 g/mol. The second kappa shape index (κ2) is 6.05. The van der Waals surface area contributed by atoms with Crippen molar-refractivity contribution in [2.75, 3.05) is 25.4 Å². The molecule has 1 aliphatic heterocycles. The maximum absolute atomic E-state index is 5.59. The van der Waals surface area contributed by atoms with Gasteiger partial charge in [0.1, 0.15) is 5.82 Å². The molecule has 1 fully saturated rings. The van der Waals surface area contributed by atoms with Crippen LogP contribution in [-0.4, -0.2) is 34.3 Å². The Kier molecular flexibility index (Phi) is 4.42. The summed E-state index contributed by atoms with van der Waals surface area (Å²) in [4.78, 5) is 2.59. The number of aromatic nitrogens is 2. The van der Waals surface area contributed by atoms with Crippen LogP contribution in [0.2, 0.25) is 0 Å². The van der Waals surface area contributed by atoms with Crippen LogP contribution in [0.4, 0.5) is 5.82 Å². The lowest BCUT2D eigenvalue weighted by molar-refractivity contribution is 0.271. The Hall–Kier alpha value is -1.03. The number of anilines is 1. The van der Waals surface area contributed by atoms with Crippen LogP contribution < -0.4 is 5.73 Å². The van der Waals surface area contributed by atoms with Gasteiger partial charge < -0.3 is 10.6 Å². The highest BCUT2D eigenvalue weighted by Crippen LogP contribution is 2.16. The molecular formula is C13H24N4. The van der Waals surface area contributed by atoms with E-state index in [4.69, 9.17) is 5.73 Å². The lowest BCUT2D eigenvalue weighted by Gasteiger charge is -2.19. The number of hydrogen-bond donors (Lipinski definition) is 1. The van der Waals surface area contributed by atoms with Crippen LogP contribution in [0.25, 0.3) is 0 Å². The van der Waals surface area contributed by atoms with Crippen molar-refractivity contribution in [3.63, 3.8) is 0 Å². The summed E-state index contributed by atoms with van der Waals surface area (Å²) >= 11 is 0. The summed E-state index contributed by atoms with van der Waals surface area (Å²) in [5.74, 6) is 1.53. The van der Waals surface area contributed by atoms with Crippen molar-refractivity contribution >= 4 is 5.82 Å². The smallest absolute Gasteiger partial charge is 0.145 e. The molecule has 1 aliphatic rings. The summed E-state index contributed by atoms with van der Waals surface area (Å²) in [6, 6.07) is 1.85. The van der Waals surface area contributed by atoms with E-state index in [2.05, 4.69) is 16.9 Å². The van der Waals surface area contributed by atoms with E-state index in [0.29, 0.717) is 5.82 Å². The third-order valence-corrected chi connectivity index (χ3v) is 3.63. The number of hydrogen-bond acceptors (Lipinski definition) is 3. The molecule has 0 bridgehead atoms. The lowest BCUT2D eigenvalue weighted by atomic mass is 10.0. The minimum Gasteiger partial charge on any atom is -0.382 e. The summed E-state index contributed by atoms with van der Waals surface area (Å²) in [5.41, 5.74) is 5.59. The van der Waals surface area contributed by atoms with Crippen molar-refractivity contribution in [3.8, 4) is 0 Å². The van der Waals surface area contributed by atoms with Crippen molar-refractivity contribution in [2.45, 2.75) is 39.2 Å². The van der Waals surface area contributed by atoms with E-state index in [1.807, 2.05) is 16.9 Å². The number of aryl methyl sites for hydroxylation is 1. The summed E-state index contributed by atoms with van der Waals surface area (Å²) in [6.07, 6.45) is 7.23. The molecule has 2 N–H and O–H groups in total. The van der Waals surface area contributed by atoms with Crippen LogP contribution in [0.1, 0.15) is 32.6 Å². The number of nitrogens with zero attached hydrogens (tertiary/aromatic N) is 3. The van der Waals surface area contributed by atoms with E-state index >= 15 is 0 Å². The van der Waals surface area contributed by atoms with Gasteiger partial charge in [0, 0.05) is 12.7 Å². The fraction of sp³-hybridized carbons (Fsp3) is 0.769. The molecule has 0 amide bonds. The Morgan fingerprint density at radius 2 is 2.24 bits per heavy atom. The molecular weight excluding hydrogens is 212 g/mol. The van der Waals surface area contributed by atoms with Crippen molar-refractivity contribution in [1.82, 2.24) is 14.7 Å². The van der Waals surface area contributed by atoms with Gasteiger partial charge in [0.2, 0.25) is 0 Å². The van der Waals surface area contributed by atoms with Gasteiger partial charge in [0.15, 0.2) is 0 Å². The zero-order valence-electron chi connectivity index (χ0n) is 10.8. The topological polar surface area (TPSA) is 47.1 Å². The van der Waals surface area contributed by atoms with Crippen molar-refractivity contribution in [2.24, 2.45) is 5.92 Å². The number of likely N-dealkylation sites (tertiary alicyclic amines) is 1. The van der Waals surface area contributed by atoms with Crippen LogP contribution in [0.3, 0.4) is 0 Å². The average Bonchev–Trinajstić information content (AvgIpc) is 2.59. The van der Waals surface area contributed by atoms with Crippen LogP contribution in [0.5, 0.6) is 0 Å². The van der Waals surface area contributed by atoms with Crippen molar-refractivity contribution in [3.05, 3.63) is 12.3 Å². The second-order valence-electron chi connectivity index (χ2n) is 5.23. The van der Waals surface area contributed by atoms with Gasteiger partial charge in [-0.2, -0.15) is 5.10 Å². The average molecular weight is 236 g/mol. The highest BCUT2D eigenvalue weighted by molar-refractivity contribution is 5.23. The molecule has 0 aromatic carbocycles. The Balaban J connectivity index is 1.67. The molecule has 0 aliphatic carbocycles. The van der Waals surface area contributed by atoms with E-state index in [1.165, 1.54) is 38.9 Å². The molecule has 0 spiro atoms. The van der Waals surface area contributed by atoms with Crippen LogP contribution in [0.15, 0.2) is 12.3 Å². The second-order valence-corrected chi connectivity index (χ2v) is 5.23. The van der Waals surface area contributed by atoms with Gasteiger partial charge in [-0.05, 0) is 57.3 Å². The van der Waals surface area contributed by atoms with E-state index in [9.17, 15) is 0 Å². The van der Waals surface area contributed by atoms with Gasteiger partial charge in [-0.15, -0.1) is 0 Å². The summed E-state index contributed by atoms with van der Waals surface area (Å²) in [7, 11) is 0. The minimum absolute atomic E-state index is 0.619. The van der Waals surface area contributed by atoms with E-state index in [0.717, 1.165) is 18.9 Å². The normalized spacial score (nSPS) is 22.5. The molecule has 1 unspecified atom stereocenters. The maximum atomic E-state index is 5.59. The summed E-state index contributed by atoms with van der Waals surface area (Å²) in [5, 5.41) is 4.20. The molecule has 1 aromatic rings. The summed E-state index contributed by atoms with van der Waals surface area (Å²) in [6.45, 7) is 7.07. The molecule has 1 aromatic heterocycles. The molecule has 0 radical (unpaired) electrons. The molecule has 96 valence electrons. The maximum Gasteiger partial charge on any atom is 0.145 e. The molecule has 4 nitrogen and oxygen atoms in total. The van der Waals surface area contributed by atoms with E-state index < -0.39 is 0 Å². The van der Waals surface area contributed by atoms with Gasteiger partial charge in [0.25, 0.3) is 0 Å². The Bertz CT molecular complexity index is 334. The highest BCUT2D eigenvalue weighted by atomic mass is 15.3. The number of nitrogen functional groups attached to an aromatic ring is 1. The van der Waals surface area contributed by atoms with Crippen LogP contribution >= 0.6 is 0 Å². The third kappa shape index (κ3) is 4.04. The van der Waals surface area contributed by atoms with E-state index in [1.54, 1.807) is 0 Å². The zero-order chi connectivity index (χ0) is 12.1. The standard InChI is InChI=1S/C13H24N4/c1-12-4-2-7-16(10-5-12)8-3-9-17-11-6-13(14)15-17/h6,11-12H,2-5,7-10H2,1H3,(H2,14,15). The largest absolute Gasteiger partial charge is 0.382 e. The zero-order valence-corrected chi connectivity index (χ0v) is 10.8. The minimum atomic E-state index is 0.619. The summed E-state index contributed by atoms with van der Waals surface area (Å²) < 4.78 is 1.94. The predicted octanol–water partition coefficient (Wildman–Crippen LogP) is 1.98. The van der Waals surface area contributed by atoms with Gasteiger partial charge in [-0.1, -0.05) is 6.92 Å². The van der Waals surface area contributed by atoms with Crippen LogP contribution in [-0.2, 0) is 6.54 Å². The Morgan fingerprint density at radius 1 is 1.35 bits per heavy atom. The first-order valence-corrected chi connectivity index (χ1v) is 6.75. The highest BCUT2D eigenvalue weighted by Gasteiger charge is 2.12. The molecule has 1 atom stereocenters. The Morgan fingerprint density at radius 3 is 3.00 bits per heavy atom. The first-order chi connectivity index (χ1) is 8.24. The van der Waals surface area contributed by atoms with E-state index in [-0.39, 0.29) is 0 Å². The molecule has 2 heterocycles. The van der Waals surface area contributed by atoms with Gasteiger partial charge in [-0.3, -0.25) is 4.68 Å².